The third-order valence-corrected chi connectivity index (χ3v) is 1.80. The summed E-state index contributed by atoms with van der Waals surface area (Å²) in [7, 11) is 0. The summed E-state index contributed by atoms with van der Waals surface area (Å²) in [6.45, 7) is 0. The highest BCUT2D eigenvalue weighted by atomic mass is 16.3. The minimum Gasteiger partial charge on any atom is -0.506 e. The molecule has 0 bridgehead atoms. The predicted octanol–water partition coefficient (Wildman–Crippen LogP) is 1.52. The van der Waals surface area contributed by atoms with Gasteiger partial charge < -0.3 is 10.8 Å². The second kappa shape index (κ2) is 2.37. The summed E-state index contributed by atoms with van der Waals surface area (Å²) in [5, 5.41) is 10.1. The van der Waals surface area contributed by atoms with Gasteiger partial charge in [-0.1, -0.05) is 0 Å². The van der Waals surface area contributed by atoms with Crippen LogP contribution in [0.3, 0.4) is 0 Å². The van der Waals surface area contributed by atoms with Crippen LogP contribution in [0.5, 0.6) is 5.75 Å². The van der Waals surface area contributed by atoms with Crippen molar-refractivity contribution in [1.82, 2.24) is 4.98 Å². The van der Waals surface area contributed by atoms with Gasteiger partial charge >= 0.3 is 0 Å². The third-order valence-electron chi connectivity index (χ3n) is 1.80. The standard InChI is InChI=1S/C9H8N2O/c10-9-6-2-1-5-11-7(6)3-4-8(9)12/h1-5,12H,10H2. The molecule has 0 fully saturated rings. The van der Waals surface area contributed by atoms with E-state index in [4.69, 9.17) is 5.73 Å². The van der Waals surface area contributed by atoms with E-state index in [0.29, 0.717) is 5.69 Å². The predicted molar refractivity (Wildman–Crippen MR) is 47.8 cm³/mol. The van der Waals surface area contributed by atoms with Crippen molar-refractivity contribution in [2.45, 2.75) is 0 Å². The van der Waals surface area contributed by atoms with Gasteiger partial charge in [0.2, 0.25) is 0 Å². The van der Waals surface area contributed by atoms with Crippen LogP contribution in [-0.4, -0.2) is 10.1 Å². The fraction of sp³-hybridized carbons (Fsp3) is 0. The highest BCUT2D eigenvalue weighted by Gasteiger charge is 2.01. The molecule has 3 N–H and O–H groups in total. The molecule has 0 saturated heterocycles. The second-order valence-electron chi connectivity index (χ2n) is 2.57. The molecule has 2 rings (SSSR count). The number of hydrogen-bond donors (Lipinski definition) is 2. The number of phenols is 1. The van der Waals surface area contributed by atoms with Crippen LogP contribution >= 0.6 is 0 Å². The Morgan fingerprint density at radius 2 is 2.08 bits per heavy atom. The zero-order valence-electron chi connectivity index (χ0n) is 6.36. The molecular formula is C9H8N2O. The lowest BCUT2D eigenvalue weighted by Gasteiger charge is -2.01. The van der Waals surface area contributed by atoms with Gasteiger partial charge in [0.15, 0.2) is 0 Å². The molecule has 0 radical (unpaired) electrons. The summed E-state index contributed by atoms with van der Waals surface area (Å²) >= 11 is 0. The van der Waals surface area contributed by atoms with Gasteiger partial charge in [-0.05, 0) is 24.3 Å². The largest absolute Gasteiger partial charge is 0.506 e. The van der Waals surface area contributed by atoms with E-state index in [-0.39, 0.29) is 5.75 Å². The molecule has 3 nitrogen and oxygen atoms in total. The van der Waals surface area contributed by atoms with E-state index in [2.05, 4.69) is 4.98 Å². The van der Waals surface area contributed by atoms with E-state index < -0.39 is 0 Å². The lowest BCUT2D eigenvalue weighted by atomic mass is 10.2. The van der Waals surface area contributed by atoms with Crippen LogP contribution in [0, 0.1) is 0 Å². The Labute approximate surface area is 69.5 Å². The van der Waals surface area contributed by atoms with Crippen molar-refractivity contribution in [3.63, 3.8) is 0 Å². The molecular weight excluding hydrogens is 152 g/mol. The zero-order chi connectivity index (χ0) is 8.55. The van der Waals surface area contributed by atoms with Crippen molar-refractivity contribution in [2.75, 3.05) is 5.73 Å². The molecule has 0 aliphatic heterocycles. The van der Waals surface area contributed by atoms with Gasteiger partial charge in [0, 0.05) is 11.6 Å². The Kier molecular flexibility index (Phi) is 1.37. The Balaban J connectivity index is 2.91. The number of hydrogen-bond acceptors (Lipinski definition) is 3. The van der Waals surface area contributed by atoms with Crippen molar-refractivity contribution in [1.29, 1.82) is 0 Å². The Bertz CT molecular complexity index is 426. The van der Waals surface area contributed by atoms with Crippen LogP contribution < -0.4 is 5.73 Å². The highest BCUT2D eigenvalue weighted by Crippen LogP contribution is 2.27. The molecule has 0 saturated carbocycles. The van der Waals surface area contributed by atoms with Gasteiger partial charge in [-0.2, -0.15) is 0 Å². The Hall–Kier alpha value is -1.77. The number of anilines is 1. The van der Waals surface area contributed by atoms with E-state index in [9.17, 15) is 5.11 Å². The lowest BCUT2D eigenvalue weighted by Crippen LogP contribution is -1.88. The highest BCUT2D eigenvalue weighted by molar-refractivity contribution is 5.93. The second-order valence-corrected chi connectivity index (χ2v) is 2.57. The van der Waals surface area contributed by atoms with E-state index in [1.54, 1.807) is 24.4 Å². The summed E-state index contributed by atoms with van der Waals surface area (Å²) in [5.74, 6) is 0.107. The minimum absolute atomic E-state index is 0.107. The van der Waals surface area contributed by atoms with E-state index >= 15 is 0 Å². The van der Waals surface area contributed by atoms with Gasteiger partial charge in [0.25, 0.3) is 0 Å². The van der Waals surface area contributed by atoms with Gasteiger partial charge in [-0.15, -0.1) is 0 Å². The number of benzene rings is 1. The molecule has 0 atom stereocenters. The number of pyridine rings is 1. The molecule has 2 aromatic rings. The monoisotopic (exact) mass is 160 g/mol. The average Bonchev–Trinajstić information content (AvgIpc) is 2.12. The summed E-state index contributed by atoms with van der Waals surface area (Å²) < 4.78 is 0. The molecule has 0 spiro atoms. The first-order chi connectivity index (χ1) is 5.79. The van der Waals surface area contributed by atoms with Gasteiger partial charge in [-0.25, -0.2) is 0 Å². The Morgan fingerprint density at radius 3 is 2.92 bits per heavy atom. The average molecular weight is 160 g/mol. The maximum absolute atomic E-state index is 9.26. The van der Waals surface area contributed by atoms with Crippen LogP contribution in [0.25, 0.3) is 10.9 Å². The maximum Gasteiger partial charge on any atom is 0.139 e. The van der Waals surface area contributed by atoms with E-state index in [0.717, 1.165) is 10.9 Å². The quantitative estimate of drug-likeness (QED) is 0.453. The summed E-state index contributed by atoms with van der Waals surface area (Å²) in [6.07, 6.45) is 1.69. The molecule has 12 heavy (non-hydrogen) atoms. The number of nitrogens with zero attached hydrogens (tertiary/aromatic N) is 1. The van der Waals surface area contributed by atoms with Gasteiger partial charge in [0.1, 0.15) is 5.75 Å². The number of aromatic nitrogens is 1. The minimum atomic E-state index is 0.107. The zero-order valence-corrected chi connectivity index (χ0v) is 6.36. The SMILES string of the molecule is Nc1c(O)ccc2ncccc12. The van der Waals surface area contributed by atoms with Crippen molar-refractivity contribution in [3.05, 3.63) is 30.5 Å². The van der Waals surface area contributed by atoms with Crippen molar-refractivity contribution in [3.8, 4) is 5.75 Å². The van der Waals surface area contributed by atoms with Crippen LogP contribution in [0.15, 0.2) is 30.5 Å². The number of phenolic OH excluding ortho intramolecular Hbond substituents is 1. The third kappa shape index (κ3) is 0.871. The number of rotatable bonds is 0. The summed E-state index contributed by atoms with van der Waals surface area (Å²) in [5.41, 5.74) is 6.82. The Morgan fingerprint density at radius 1 is 1.25 bits per heavy atom. The first-order valence-electron chi connectivity index (χ1n) is 3.61. The van der Waals surface area contributed by atoms with E-state index in [1.165, 1.54) is 0 Å². The molecule has 0 aliphatic carbocycles. The summed E-state index contributed by atoms with van der Waals surface area (Å²) in [4.78, 5) is 4.09. The van der Waals surface area contributed by atoms with Crippen LogP contribution in [0.2, 0.25) is 0 Å². The normalized spacial score (nSPS) is 10.3. The molecule has 0 aliphatic rings. The molecule has 1 aromatic carbocycles. The molecule has 3 heteroatoms. The van der Waals surface area contributed by atoms with Crippen molar-refractivity contribution >= 4 is 16.6 Å². The smallest absolute Gasteiger partial charge is 0.139 e. The first kappa shape index (κ1) is 6.91. The first-order valence-corrected chi connectivity index (χ1v) is 3.61. The van der Waals surface area contributed by atoms with Crippen molar-refractivity contribution in [2.24, 2.45) is 0 Å². The fourth-order valence-electron chi connectivity index (χ4n) is 1.16. The maximum atomic E-state index is 9.26. The van der Waals surface area contributed by atoms with Crippen molar-refractivity contribution < 1.29 is 5.11 Å². The lowest BCUT2D eigenvalue weighted by molar-refractivity contribution is 0.478. The number of nitrogens with two attached hydrogens (primary N) is 1. The summed E-state index contributed by atoms with van der Waals surface area (Å²) in [6, 6.07) is 6.90. The number of fused-ring (bicyclic) bond motifs is 1. The number of nitrogen functional groups attached to an aromatic ring is 1. The van der Waals surface area contributed by atoms with Gasteiger partial charge in [0.05, 0.1) is 11.2 Å². The molecule has 0 amide bonds. The van der Waals surface area contributed by atoms with Crippen LogP contribution in [0.1, 0.15) is 0 Å². The molecule has 1 aromatic heterocycles. The molecule has 1 heterocycles. The van der Waals surface area contributed by atoms with E-state index in [1.807, 2.05) is 6.07 Å². The molecule has 60 valence electrons. The number of aromatic hydroxyl groups is 1. The van der Waals surface area contributed by atoms with Gasteiger partial charge in [-0.3, -0.25) is 4.98 Å². The molecule has 0 unspecified atom stereocenters. The van der Waals surface area contributed by atoms with Crippen LogP contribution in [0.4, 0.5) is 5.69 Å². The van der Waals surface area contributed by atoms with Crippen LogP contribution in [-0.2, 0) is 0 Å². The fourth-order valence-corrected chi connectivity index (χ4v) is 1.16. The topological polar surface area (TPSA) is 59.1 Å².